The van der Waals surface area contributed by atoms with Gasteiger partial charge in [0.25, 0.3) is 0 Å². The van der Waals surface area contributed by atoms with E-state index in [1.54, 1.807) is 0 Å². The lowest BCUT2D eigenvalue weighted by Crippen LogP contribution is -2.34. The number of anilines is 1. The summed E-state index contributed by atoms with van der Waals surface area (Å²) in [6.07, 6.45) is 8.48. The van der Waals surface area contributed by atoms with Gasteiger partial charge < -0.3 is 10.2 Å². The molecule has 0 amide bonds. The summed E-state index contributed by atoms with van der Waals surface area (Å²) in [5.41, 5.74) is 2.42. The molecule has 2 rings (SSSR count). The van der Waals surface area contributed by atoms with Gasteiger partial charge in [0.15, 0.2) is 0 Å². The standard InChI is InChI=1S/C18H31N3/c1-5-17(19-6-2)18-12-11-16(13-20-18)21(4)15-9-7-14(3)8-10-15/h11-15,17,19H,5-10H2,1-4H3. The maximum absolute atomic E-state index is 4.70. The zero-order valence-corrected chi connectivity index (χ0v) is 14.1. The molecular formula is C18H31N3. The van der Waals surface area contributed by atoms with Crippen molar-refractivity contribution in [2.45, 2.75) is 65.0 Å². The molecule has 1 heterocycles. The third kappa shape index (κ3) is 4.19. The smallest absolute Gasteiger partial charge is 0.0574 e. The minimum absolute atomic E-state index is 0.380. The van der Waals surface area contributed by atoms with Gasteiger partial charge in [0, 0.05) is 19.1 Å². The molecule has 1 atom stereocenters. The summed E-state index contributed by atoms with van der Waals surface area (Å²) in [7, 11) is 2.22. The molecule has 1 N–H and O–H groups in total. The van der Waals surface area contributed by atoms with E-state index in [4.69, 9.17) is 4.98 Å². The molecule has 1 aliphatic carbocycles. The van der Waals surface area contributed by atoms with Crippen LogP contribution in [0, 0.1) is 5.92 Å². The second-order valence-electron chi connectivity index (χ2n) is 6.48. The maximum Gasteiger partial charge on any atom is 0.0574 e. The van der Waals surface area contributed by atoms with Crippen molar-refractivity contribution >= 4 is 5.69 Å². The third-order valence-electron chi connectivity index (χ3n) is 4.93. The Balaban J connectivity index is 2.00. The van der Waals surface area contributed by atoms with Crippen molar-refractivity contribution in [1.82, 2.24) is 10.3 Å². The zero-order chi connectivity index (χ0) is 15.2. The van der Waals surface area contributed by atoms with E-state index in [0.717, 1.165) is 24.6 Å². The number of hydrogen-bond donors (Lipinski definition) is 1. The molecule has 118 valence electrons. The van der Waals surface area contributed by atoms with Crippen LogP contribution in [0.25, 0.3) is 0 Å². The fourth-order valence-corrected chi connectivity index (χ4v) is 3.36. The van der Waals surface area contributed by atoms with Gasteiger partial charge in [-0.25, -0.2) is 0 Å². The fourth-order valence-electron chi connectivity index (χ4n) is 3.36. The van der Waals surface area contributed by atoms with Gasteiger partial charge >= 0.3 is 0 Å². The monoisotopic (exact) mass is 289 g/mol. The van der Waals surface area contributed by atoms with E-state index in [-0.39, 0.29) is 0 Å². The number of hydrogen-bond acceptors (Lipinski definition) is 3. The normalized spacial score (nSPS) is 23.8. The Hall–Kier alpha value is -1.09. The van der Waals surface area contributed by atoms with Gasteiger partial charge in [0.1, 0.15) is 0 Å². The molecule has 1 fully saturated rings. The molecule has 0 spiro atoms. The van der Waals surface area contributed by atoms with E-state index in [1.807, 2.05) is 6.20 Å². The minimum Gasteiger partial charge on any atom is -0.370 e. The van der Waals surface area contributed by atoms with Crippen LogP contribution in [0.3, 0.4) is 0 Å². The van der Waals surface area contributed by atoms with Gasteiger partial charge in [-0.05, 0) is 56.7 Å². The third-order valence-corrected chi connectivity index (χ3v) is 4.93. The van der Waals surface area contributed by atoms with E-state index < -0.39 is 0 Å². The van der Waals surface area contributed by atoms with E-state index in [2.05, 4.69) is 50.2 Å². The van der Waals surface area contributed by atoms with Crippen LogP contribution >= 0.6 is 0 Å². The molecule has 1 aromatic rings. The summed E-state index contributed by atoms with van der Waals surface area (Å²) in [5, 5.41) is 3.49. The van der Waals surface area contributed by atoms with Crippen LogP contribution in [-0.2, 0) is 0 Å². The summed E-state index contributed by atoms with van der Waals surface area (Å²) in [6, 6.07) is 5.49. The Labute approximate surface area is 130 Å². The second kappa shape index (κ2) is 7.79. The minimum atomic E-state index is 0.380. The number of rotatable bonds is 6. The lowest BCUT2D eigenvalue weighted by Gasteiger charge is -2.35. The highest BCUT2D eigenvalue weighted by molar-refractivity contribution is 5.45. The Bertz CT molecular complexity index is 407. The van der Waals surface area contributed by atoms with Gasteiger partial charge in [-0.15, -0.1) is 0 Å². The number of aromatic nitrogens is 1. The molecule has 0 radical (unpaired) electrons. The lowest BCUT2D eigenvalue weighted by atomic mass is 9.86. The molecule has 1 unspecified atom stereocenters. The molecule has 21 heavy (non-hydrogen) atoms. The molecular weight excluding hydrogens is 258 g/mol. The highest BCUT2D eigenvalue weighted by Gasteiger charge is 2.22. The average Bonchev–Trinajstić information content (AvgIpc) is 2.53. The summed E-state index contributed by atoms with van der Waals surface area (Å²) >= 11 is 0. The van der Waals surface area contributed by atoms with Crippen LogP contribution < -0.4 is 10.2 Å². The largest absolute Gasteiger partial charge is 0.370 e. The molecule has 0 aromatic carbocycles. The van der Waals surface area contributed by atoms with E-state index in [9.17, 15) is 0 Å². The number of pyridine rings is 1. The first kappa shape index (κ1) is 16.3. The average molecular weight is 289 g/mol. The van der Waals surface area contributed by atoms with Crippen molar-refractivity contribution < 1.29 is 0 Å². The molecule has 0 bridgehead atoms. The molecule has 1 saturated carbocycles. The fraction of sp³-hybridized carbons (Fsp3) is 0.722. The molecule has 3 heteroatoms. The summed E-state index contributed by atoms with van der Waals surface area (Å²) in [6.45, 7) is 7.72. The molecule has 1 aliphatic rings. The van der Waals surface area contributed by atoms with Gasteiger partial charge in [-0.3, -0.25) is 4.98 Å². The number of nitrogens with zero attached hydrogens (tertiary/aromatic N) is 2. The Morgan fingerprint density at radius 3 is 2.48 bits per heavy atom. The van der Waals surface area contributed by atoms with E-state index in [1.165, 1.54) is 31.4 Å². The van der Waals surface area contributed by atoms with Crippen molar-refractivity contribution in [2.24, 2.45) is 5.92 Å². The van der Waals surface area contributed by atoms with Crippen LogP contribution in [0.5, 0.6) is 0 Å². The predicted octanol–water partition coefficient (Wildman–Crippen LogP) is 4.16. The molecule has 3 nitrogen and oxygen atoms in total. The van der Waals surface area contributed by atoms with Crippen molar-refractivity contribution in [3.63, 3.8) is 0 Å². The first-order valence-corrected chi connectivity index (χ1v) is 8.57. The summed E-state index contributed by atoms with van der Waals surface area (Å²) < 4.78 is 0. The lowest BCUT2D eigenvalue weighted by molar-refractivity contribution is 0.340. The van der Waals surface area contributed by atoms with Crippen LogP contribution in [0.4, 0.5) is 5.69 Å². The van der Waals surface area contributed by atoms with E-state index >= 15 is 0 Å². The van der Waals surface area contributed by atoms with Gasteiger partial charge in [-0.2, -0.15) is 0 Å². The maximum atomic E-state index is 4.70. The Morgan fingerprint density at radius 2 is 1.95 bits per heavy atom. The van der Waals surface area contributed by atoms with Crippen LogP contribution in [0.15, 0.2) is 18.3 Å². The quantitative estimate of drug-likeness (QED) is 0.852. The molecule has 1 aromatic heterocycles. The SMILES string of the molecule is CCNC(CC)c1ccc(N(C)C2CCC(C)CC2)cn1. The van der Waals surface area contributed by atoms with Crippen molar-refractivity contribution in [3.8, 4) is 0 Å². The summed E-state index contributed by atoms with van der Waals surface area (Å²) in [4.78, 5) is 7.12. The molecule has 0 aliphatic heterocycles. The van der Waals surface area contributed by atoms with Crippen molar-refractivity contribution in [2.75, 3.05) is 18.5 Å². The second-order valence-corrected chi connectivity index (χ2v) is 6.48. The predicted molar refractivity (Wildman–Crippen MR) is 90.8 cm³/mol. The van der Waals surface area contributed by atoms with Crippen molar-refractivity contribution in [3.05, 3.63) is 24.0 Å². The van der Waals surface area contributed by atoms with Crippen molar-refractivity contribution in [1.29, 1.82) is 0 Å². The first-order valence-electron chi connectivity index (χ1n) is 8.57. The Morgan fingerprint density at radius 1 is 1.24 bits per heavy atom. The van der Waals surface area contributed by atoms with Crippen LogP contribution in [0.1, 0.15) is 64.6 Å². The van der Waals surface area contributed by atoms with Crippen LogP contribution in [0.2, 0.25) is 0 Å². The number of nitrogens with one attached hydrogen (secondary N) is 1. The molecule has 0 saturated heterocycles. The Kier molecular flexibility index (Phi) is 6.04. The first-order chi connectivity index (χ1) is 10.2. The summed E-state index contributed by atoms with van der Waals surface area (Å²) in [5.74, 6) is 0.903. The van der Waals surface area contributed by atoms with Crippen LogP contribution in [-0.4, -0.2) is 24.6 Å². The zero-order valence-electron chi connectivity index (χ0n) is 14.1. The topological polar surface area (TPSA) is 28.2 Å². The van der Waals surface area contributed by atoms with Gasteiger partial charge in [0.05, 0.1) is 17.6 Å². The van der Waals surface area contributed by atoms with Gasteiger partial charge in [-0.1, -0.05) is 20.8 Å². The highest BCUT2D eigenvalue weighted by atomic mass is 15.1. The van der Waals surface area contributed by atoms with E-state index in [0.29, 0.717) is 12.1 Å². The van der Waals surface area contributed by atoms with Gasteiger partial charge in [0.2, 0.25) is 0 Å². The highest BCUT2D eigenvalue weighted by Crippen LogP contribution is 2.29.